The summed E-state index contributed by atoms with van der Waals surface area (Å²) in [6, 6.07) is 10.6. The number of nitrogens with one attached hydrogen (secondary N) is 1. The summed E-state index contributed by atoms with van der Waals surface area (Å²) in [5.41, 5.74) is 1.77. The molecule has 2 N–H and O–H groups in total. The standard InChI is InChI=1S/C19H20F2N2O2/c20-15-7-3-8-16(21)18(15)22-19(25)23(11-4-12-24)17-10-9-13-5-1-2-6-14(13)17/h1-3,5-8,17,24H,4,9-12H2,(H,22,25). The summed E-state index contributed by atoms with van der Waals surface area (Å²) in [7, 11) is 0. The van der Waals surface area contributed by atoms with E-state index in [0.29, 0.717) is 13.0 Å². The van der Waals surface area contributed by atoms with Crippen molar-refractivity contribution in [2.75, 3.05) is 18.5 Å². The van der Waals surface area contributed by atoms with Crippen LogP contribution in [0.25, 0.3) is 0 Å². The van der Waals surface area contributed by atoms with Crippen LogP contribution in [-0.2, 0) is 6.42 Å². The molecule has 0 spiro atoms. The molecule has 1 aliphatic carbocycles. The Morgan fingerprint density at radius 1 is 1.16 bits per heavy atom. The number of hydrogen-bond donors (Lipinski definition) is 2. The number of amides is 2. The van der Waals surface area contributed by atoms with Crippen LogP contribution in [0.1, 0.15) is 30.0 Å². The van der Waals surface area contributed by atoms with Gasteiger partial charge in [-0.05, 0) is 42.5 Å². The summed E-state index contributed by atoms with van der Waals surface area (Å²) in [6.07, 6.45) is 1.99. The Morgan fingerprint density at radius 2 is 1.88 bits per heavy atom. The minimum absolute atomic E-state index is 0.0633. The summed E-state index contributed by atoms with van der Waals surface area (Å²) in [6.45, 7) is 0.240. The monoisotopic (exact) mass is 346 g/mol. The minimum Gasteiger partial charge on any atom is -0.396 e. The zero-order valence-corrected chi connectivity index (χ0v) is 13.7. The smallest absolute Gasteiger partial charge is 0.322 e. The van der Waals surface area contributed by atoms with Gasteiger partial charge in [-0.15, -0.1) is 0 Å². The number of rotatable bonds is 5. The van der Waals surface area contributed by atoms with Gasteiger partial charge in [-0.3, -0.25) is 0 Å². The third-order valence-corrected chi connectivity index (χ3v) is 4.49. The summed E-state index contributed by atoms with van der Waals surface area (Å²) in [4.78, 5) is 14.3. The Kier molecular flexibility index (Phi) is 5.28. The number of fused-ring (bicyclic) bond motifs is 1. The number of benzene rings is 2. The number of aryl methyl sites for hydroxylation is 1. The van der Waals surface area contributed by atoms with E-state index in [9.17, 15) is 13.6 Å². The van der Waals surface area contributed by atoms with Gasteiger partial charge >= 0.3 is 6.03 Å². The number of anilines is 1. The molecule has 2 aromatic rings. The molecule has 1 aliphatic rings. The Hall–Kier alpha value is -2.47. The number of aliphatic hydroxyl groups excluding tert-OH is 1. The largest absolute Gasteiger partial charge is 0.396 e. The highest BCUT2D eigenvalue weighted by atomic mass is 19.1. The number of nitrogens with zero attached hydrogens (tertiary/aromatic N) is 1. The molecule has 25 heavy (non-hydrogen) atoms. The molecule has 1 unspecified atom stereocenters. The molecule has 0 bridgehead atoms. The Bertz CT molecular complexity index is 747. The van der Waals surface area contributed by atoms with Gasteiger partial charge in [0.1, 0.15) is 17.3 Å². The number of halogens is 2. The van der Waals surface area contributed by atoms with Gasteiger partial charge in [0, 0.05) is 13.2 Å². The fourth-order valence-electron chi connectivity index (χ4n) is 3.29. The molecule has 0 aliphatic heterocycles. The van der Waals surface area contributed by atoms with Crippen molar-refractivity contribution >= 4 is 11.7 Å². The highest BCUT2D eigenvalue weighted by Gasteiger charge is 2.31. The second-order valence-corrected chi connectivity index (χ2v) is 6.05. The van der Waals surface area contributed by atoms with Crippen molar-refractivity contribution in [2.24, 2.45) is 0 Å². The van der Waals surface area contributed by atoms with Gasteiger partial charge < -0.3 is 15.3 Å². The minimum atomic E-state index is -0.817. The topological polar surface area (TPSA) is 52.6 Å². The Labute approximate surface area is 145 Å². The van der Waals surface area contributed by atoms with Gasteiger partial charge in [-0.25, -0.2) is 13.6 Å². The highest BCUT2D eigenvalue weighted by Crippen LogP contribution is 2.36. The number of hydrogen-bond acceptors (Lipinski definition) is 2. The van der Waals surface area contributed by atoms with Crippen LogP contribution in [0.3, 0.4) is 0 Å². The lowest BCUT2D eigenvalue weighted by Gasteiger charge is -2.30. The molecular weight excluding hydrogens is 326 g/mol. The fourth-order valence-corrected chi connectivity index (χ4v) is 3.29. The van der Waals surface area contributed by atoms with Gasteiger partial charge in [0.2, 0.25) is 0 Å². The maximum absolute atomic E-state index is 13.8. The number of carbonyl (C=O) groups is 1. The highest BCUT2D eigenvalue weighted by molar-refractivity contribution is 5.90. The number of urea groups is 1. The normalized spacial score (nSPS) is 15.7. The van der Waals surface area contributed by atoms with Gasteiger partial charge in [-0.1, -0.05) is 30.3 Å². The van der Waals surface area contributed by atoms with Gasteiger partial charge in [0.15, 0.2) is 0 Å². The van der Waals surface area contributed by atoms with Crippen LogP contribution in [0.2, 0.25) is 0 Å². The molecule has 6 heteroatoms. The molecule has 1 atom stereocenters. The average molecular weight is 346 g/mol. The molecule has 0 heterocycles. The second kappa shape index (κ2) is 7.61. The molecule has 0 aromatic heterocycles. The van der Waals surface area contributed by atoms with Crippen molar-refractivity contribution in [3.8, 4) is 0 Å². The average Bonchev–Trinajstić information content (AvgIpc) is 3.03. The first-order valence-electron chi connectivity index (χ1n) is 8.32. The zero-order chi connectivity index (χ0) is 17.8. The molecule has 0 saturated carbocycles. The van der Waals surface area contributed by atoms with E-state index in [2.05, 4.69) is 5.32 Å². The maximum atomic E-state index is 13.8. The third kappa shape index (κ3) is 3.64. The Balaban J connectivity index is 1.85. The van der Waals surface area contributed by atoms with Crippen molar-refractivity contribution in [2.45, 2.75) is 25.3 Å². The Morgan fingerprint density at radius 3 is 2.60 bits per heavy atom. The summed E-state index contributed by atoms with van der Waals surface area (Å²) < 4.78 is 27.7. The van der Waals surface area contributed by atoms with Crippen LogP contribution in [0.4, 0.5) is 19.3 Å². The first-order chi connectivity index (χ1) is 12.1. The summed E-state index contributed by atoms with van der Waals surface area (Å²) >= 11 is 0. The van der Waals surface area contributed by atoms with Crippen LogP contribution in [0, 0.1) is 11.6 Å². The number of aliphatic hydroxyl groups is 1. The maximum Gasteiger partial charge on any atom is 0.322 e. The predicted molar refractivity (Wildman–Crippen MR) is 91.3 cm³/mol. The SMILES string of the molecule is O=C(Nc1c(F)cccc1F)N(CCCO)C1CCc2ccccc21. The first-order valence-corrected chi connectivity index (χ1v) is 8.32. The summed E-state index contributed by atoms with van der Waals surface area (Å²) in [5.74, 6) is -1.63. The van der Waals surface area contributed by atoms with E-state index in [1.54, 1.807) is 4.90 Å². The van der Waals surface area contributed by atoms with E-state index < -0.39 is 23.4 Å². The second-order valence-electron chi connectivity index (χ2n) is 6.05. The quantitative estimate of drug-likeness (QED) is 0.863. The number of carbonyl (C=O) groups excluding carboxylic acids is 1. The molecule has 4 nitrogen and oxygen atoms in total. The van der Waals surface area contributed by atoms with Gasteiger partial charge in [0.05, 0.1) is 6.04 Å². The van der Waals surface area contributed by atoms with Crippen LogP contribution in [0.5, 0.6) is 0 Å². The predicted octanol–water partition coefficient (Wildman–Crippen LogP) is 3.87. The lowest BCUT2D eigenvalue weighted by molar-refractivity contribution is 0.177. The fraction of sp³-hybridized carbons (Fsp3) is 0.316. The third-order valence-electron chi connectivity index (χ3n) is 4.49. The van der Waals surface area contributed by atoms with E-state index in [1.165, 1.54) is 11.6 Å². The zero-order valence-electron chi connectivity index (χ0n) is 13.7. The molecule has 2 amide bonds. The molecule has 132 valence electrons. The molecule has 2 aromatic carbocycles. The molecule has 0 fully saturated rings. The van der Waals surface area contributed by atoms with E-state index >= 15 is 0 Å². The van der Waals surface area contributed by atoms with Gasteiger partial charge in [-0.2, -0.15) is 0 Å². The number of para-hydroxylation sites is 1. The van der Waals surface area contributed by atoms with E-state index in [4.69, 9.17) is 5.11 Å². The van der Waals surface area contributed by atoms with Crippen LogP contribution < -0.4 is 5.32 Å². The molecule has 0 saturated heterocycles. The molecular formula is C19H20F2N2O2. The lowest BCUT2D eigenvalue weighted by atomic mass is 10.1. The van der Waals surface area contributed by atoms with Crippen LogP contribution >= 0.6 is 0 Å². The molecule has 0 radical (unpaired) electrons. The lowest BCUT2D eigenvalue weighted by Crippen LogP contribution is -2.38. The van der Waals surface area contributed by atoms with E-state index in [-0.39, 0.29) is 12.6 Å². The van der Waals surface area contributed by atoms with Crippen LogP contribution in [0.15, 0.2) is 42.5 Å². The van der Waals surface area contributed by atoms with Crippen molar-refractivity contribution < 1.29 is 18.7 Å². The van der Waals surface area contributed by atoms with Crippen molar-refractivity contribution in [3.63, 3.8) is 0 Å². The van der Waals surface area contributed by atoms with E-state index in [0.717, 1.165) is 30.5 Å². The van der Waals surface area contributed by atoms with E-state index in [1.807, 2.05) is 24.3 Å². The van der Waals surface area contributed by atoms with Gasteiger partial charge in [0.25, 0.3) is 0 Å². The summed E-state index contributed by atoms with van der Waals surface area (Å²) in [5, 5.41) is 11.5. The van der Waals surface area contributed by atoms with Crippen molar-refractivity contribution in [3.05, 3.63) is 65.2 Å². The molecule has 3 rings (SSSR count). The first kappa shape index (κ1) is 17.4. The van der Waals surface area contributed by atoms with Crippen molar-refractivity contribution in [1.29, 1.82) is 0 Å². The van der Waals surface area contributed by atoms with Crippen LogP contribution in [-0.4, -0.2) is 29.2 Å². The van der Waals surface area contributed by atoms with Crippen molar-refractivity contribution in [1.82, 2.24) is 4.90 Å².